The van der Waals surface area contributed by atoms with E-state index in [0.717, 1.165) is 24.7 Å². The molecule has 0 bridgehead atoms. The quantitative estimate of drug-likeness (QED) is 0.840. The van der Waals surface area contributed by atoms with E-state index in [-0.39, 0.29) is 5.41 Å². The highest BCUT2D eigenvalue weighted by molar-refractivity contribution is 7.07. The predicted molar refractivity (Wildman–Crippen MR) is 81.9 cm³/mol. The normalized spacial score (nSPS) is 20.6. The number of aromatic nitrogens is 1. The summed E-state index contributed by atoms with van der Waals surface area (Å²) in [4.78, 5) is 6.94. The Morgan fingerprint density at radius 1 is 1.45 bits per heavy atom. The molecule has 3 heterocycles. The van der Waals surface area contributed by atoms with Gasteiger partial charge in [0.25, 0.3) is 0 Å². The van der Waals surface area contributed by atoms with E-state index in [1.54, 1.807) is 11.3 Å². The maximum Gasteiger partial charge on any atom is 0.208 e. The first-order chi connectivity index (χ1) is 9.54. The number of thiophene rings is 1. The summed E-state index contributed by atoms with van der Waals surface area (Å²) < 4.78 is 5.93. The highest BCUT2D eigenvalue weighted by atomic mass is 32.1. The lowest BCUT2D eigenvalue weighted by Gasteiger charge is -2.22. The molecule has 3 rings (SSSR count). The molecule has 0 amide bonds. The Labute approximate surface area is 124 Å². The van der Waals surface area contributed by atoms with Crippen LogP contribution in [0.2, 0.25) is 0 Å². The van der Waals surface area contributed by atoms with Crippen LogP contribution in [0.1, 0.15) is 56.9 Å². The van der Waals surface area contributed by atoms with Gasteiger partial charge in [-0.15, -0.1) is 0 Å². The minimum Gasteiger partial charge on any atom is -0.444 e. The standard InChI is InChI=1S/C16H22N2OS/c1-16(2,3)14-9-17-15(19-14)10-18-7-4-5-13(18)12-6-8-20-11-12/h6,8-9,11,13H,4-5,7,10H2,1-3H3/t13-/m0/s1. The van der Waals surface area contributed by atoms with Crippen LogP contribution in [0.3, 0.4) is 0 Å². The van der Waals surface area contributed by atoms with E-state index in [4.69, 9.17) is 4.42 Å². The smallest absolute Gasteiger partial charge is 0.208 e. The van der Waals surface area contributed by atoms with Gasteiger partial charge in [0.15, 0.2) is 0 Å². The molecule has 0 aliphatic carbocycles. The lowest BCUT2D eigenvalue weighted by atomic mass is 9.94. The molecule has 0 unspecified atom stereocenters. The van der Waals surface area contributed by atoms with E-state index in [1.807, 2.05) is 6.20 Å². The van der Waals surface area contributed by atoms with Crippen molar-refractivity contribution in [2.24, 2.45) is 0 Å². The molecular formula is C16H22N2OS. The SMILES string of the molecule is CC(C)(C)c1cnc(CN2CCC[C@H]2c2ccsc2)o1. The second-order valence-corrected chi connectivity index (χ2v) is 7.33. The van der Waals surface area contributed by atoms with Crippen molar-refractivity contribution in [3.8, 4) is 0 Å². The van der Waals surface area contributed by atoms with Crippen molar-refractivity contribution in [3.63, 3.8) is 0 Å². The van der Waals surface area contributed by atoms with Crippen molar-refractivity contribution in [2.75, 3.05) is 6.54 Å². The number of hydrogen-bond donors (Lipinski definition) is 0. The van der Waals surface area contributed by atoms with Gasteiger partial charge in [0.2, 0.25) is 5.89 Å². The highest BCUT2D eigenvalue weighted by Crippen LogP contribution is 2.34. The second kappa shape index (κ2) is 5.34. The van der Waals surface area contributed by atoms with Gasteiger partial charge in [-0.25, -0.2) is 4.98 Å². The molecule has 20 heavy (non-hydrogen) atoms. The number of nitrogens with zero attached hydrogens (tertiary/aromatic N) is 2. The highest BCUT2D eigenvalue weighted by Gasteiger charge is 2.28. The van der Waals surface area contributed by atoms with E-state index in [2.05, 4.69) is 47.5 Å². The molecule has 0 N–H and O–H groups in total. The molecule has 2 aromatic heterocycles. The van der Waals surface area contributed by atoms with Gasteiger partial charge >= 0.3 is 0 Å². The Morgan fingerprint density at radius 2 is 2.30 bits per heavy atom. The summed E-state index contributed by atoms with van der Waals surface area (Å²) in [5, 5.41) is 4.42. The number of rotatable bonds is 3. The third kappa shape index (κ3) is 2.81. The fourth-order valence-corrected chi connectivity index (χ4v) is 3.47. The van der Waals surface area contributed by atoms with E-state index in [9.17, 15) is 0 Å². The summed E-state index contributed by atoms with van der Waals surface area (Å²) >= 11 is 1.78. The van der Waals surface area contributed by atoms with Crippen molar-refractivity contribution >= 4 is 11.3 Å². The molecule has 1 aliphatic rings. The Balaban J connectivity index is 1.72. The lowest BCUT2D eigenvalue weighted by Crippen LogP contribution is -2.22. The first-order valence-electron chi connectivity index (χ1n) is 7.25. The molecular weight excluding hydrogens is 268 g/mol. The number of oxazole rings is 1. The molecule has 1 aliphatic heterocycles. The summed E-state index contributed by atoms with van der Waals surface area (Å²) in [5.41, 5.74) is 1.47. The molecule has 1 fully saturated rings. The maximum absolute atomic E-state index is 5.93. The van der Waals surface area contributed by atoms with Crippen molar-refractivity contribution in [1.29, 1.82) is 0 Å². The lowest BCUT2D eigenvalue weighted by molar-refractivity contribution is 0.218. The van der Waals surface area contributed by atoms with Crippen LogP contribution in [0.4, 0.5) is 0 Å². The molecule has 108 valence electrons. The molecule has 1 saturated heterocycles. The van der Waals surface area contributed by atoms with Gasteiger partial charge in [0, 0.05) is 11.5 Å². The third-order valence-corrected chi connectivity index (χ3v) is 4.62. The minimum absolute atomic E-state index is 0.0308. The molecule has 0 aromatic carbocycles. The zero-order valence-electron chi connectivity index (χ0n) is 12.4. The largest absolute Gasteiger partial charge is 0.444 e. The summed E-state index contributed by atoms with van der Waals surface area (Å²) in [6.45, 7) is 8.41. The summed E-state index contributed by atoms with van der Waals surface area (Å²) in [6.07, 6.45) is 4.38. The van der Waals surface area contributed by atoms with Gasteiger partial charge in [-0.3, -0.25) is 4.90 Å². The molecule has 1 atom stereocenters. The van der Waals surface area contributed by atoms with Gasteiger partial charge in [0.05, 0.1) is 12.7 Å². The van der Waals surface area contributed by atoms with Crippen LogP contribution in [-0.2, 0) is 12.0 Å². The predicted octanol–water partition coefficient (Wildman–Crippen LogP) is 4.37. The van der Waals surface area contributed by atoms with E-state index >= 15 is 0 Å². The second-order valence-electron chi connectivity index (χ2n) is 6.55. The van der Waals surface area contributed by atoms with Gasteiger partial charge in [-0.1, -0.05) is 20.8 Å². The maximum atomic E-state index is 5.93. The summed E-state index contributed by atoms with van der Waals surface area (Å²) in [5.74, 6) is 1.82. The molecule has 0 saturated carbocycles. The van der Waals surface area contributed by atoms with Gasteiger partial charge in [0.1, 0.15) is 5.76 Å². The van der Waals surface area contributed by atoms with Crippen molar-refractivity contribution < 1.29 is 4.42 Å². The average molecular weight is 290 g/mol. The van der Waals surface area contributed by atoms with E-state index < -0.39 is 0 Å². The summed E-state index contributed by atoms with van der Waals surface area (Å²) in [6, 6.07) is 2.77. The fraction of sp³-hybridized carbons (Fsp3) is 0.562. The van der Waals surface area contributed by atoms with Crippen LogP contribution in [0.5, 0.6) is 0 Å². The zero-order chi connectivity index (χ0) is 14.2. The molecule has 3 nitrogen and oxygen atoms in total. The Bertz CT molecular complexity index is 553. The van der Waals surface area contributed by atoms with Crippen molar-refractivity contribution in [3.05, 3.63) is 40.2 Å². The Morgan fingerprint density at radius 3 is 2.95 bits per heavy atom. The van der Waals surface area contributed by atoms with Crippen LogP contribution in [0.15, 0.2) is 27.4 Å². The molecule has 0 spiro atoms. The monoisotopic (exact) mass is 290 g/mol. The topological polar surface area (TPSA) is 29.3 Å². The van der Waals surface area contributed by atoms with E-state index in [1.165, 1.54) is 18.4 Å². The van der Waals surface area contributed by atoms with Crippen molar-refractivity contribution in [1.82, 2.24) is 9.88 Å². The van der Waals surface area contributed by atoms with Crippen LogP contribution in [0, 0.1) is 0 Å². The van der Waals surface area contributed by atoms with Gasteiger partial charge in [-0.2, -0.15) is 11.3 Å². The molecule has 0 radical (unpaired) electrons. The third-order valence-electron chi connectivity index (χ3n) is 3.92. The first-order valence-corrected chi connectivity index (χ1v) is 8.19. The fourth-order valence-electron chi connectivity index (χ4n) is 2.76. The zero-order valence-corrected chi connectivity index (χ0v) is 13.2. The van der Waals surface area contributed by atoms with Crippen molar-refractivity contribution in [2.45, 2.75) is 51.6 Å². The van der Waals surface area contributed by atoms with Crippen LogP contribution in [0.25, 0.3) is 0 Å². The molecule has 4 heteroatoms. The summed E-state index contributed by atoms with van der Waals surface area (Å²) in [7, 11) is 0. The number of hydrogen-bond acceptors (Lipinski definition) is 4. The Hall–Kier alpha value is -1.13. The Kier molecular flexibility index (Phi) is 3.69. The average Bonchev–Trinajstić information content (AvgIpc) is 3.08. The first kappa shape index (κ1) is 13.8. The van der Waals surface area contributed by atoms with Gasteiger partial charge in [-0.05, 0) is 41.8 Å². The number of likely N-dealkylation sites (tertiary alicyclic amines) is 1. The van der Waals surface area contributed by atoms with Crippen LogP contribution in [-0.4, -0.2) is 16.4 Å². The molecule has 2 aromatic rings. The van der Waals surface area contributed by atoms with Crippen LogP contribution < -0.4 is 0 Å². The van der Waals surface area contributed by atoms with Gasteiger partial charge < -0.3 is 4.42 Å². The van der Waals surface area contributed by atoms with E-state index in [0.29, 0.717) is 6.04 Å². The minimum atomic E-state index is 0.0308. The van der Waals surface area contributed by atoms with Crippen LogP contribution >= 0.6 is 11.3 Å².